The van der Waals surface area contributed by atoms with Crippen molar-refractivity contribution in [2.45, 2.75) is 19.3 Å². The van der Waals surface area contributed by atoms with Crippen molar-refractivity contribution < 1.29 is 0 Å². The fourth-order valence-electron chi connectivity index (χ4n) is 2.44. The number of anilines is 2. The highest BCUT2D eigenvalue weighted by atomic mass is 15.5. The maximum atomic E-state index is 5.79. The molecule has 1 fully saturated rings. The van der Waals surface area contributed by atoms with Gasteiger partial charge in [-0.2, -0.15) is 0 Å². The van der Waals surface area contributed by atoms with E-state index in [1.54, 1.807) is 0 Å². The molecule has 0 amide bonds. The lowest BCUT2D eigenvalue weighted by atomic mass is 10.1. The van der Waals surface area contributed by atoms with Crippen LogP contribution in [0.25, 0.3) is 10.9 Å². The first-order valence-corrected chi connectivity index (χ1v) is 6.49. The van der Waals surface area contributed by atoms with Crippen molar-refractivity contribution in [1.82, 2.24) is 9.99 Å². The Morgan fingerprint density at radius 2 is 1.94 bits per heavy atom. The van der Waals surface area contributed by atoms with E-state index in [9.17, 15) is 0 Å². The molecule has 4 nitrogen and oxygen atoms in total. The molecule has 0 spiro atoms. The molecule has 1 aromatic heterocycles. The highest BCUT2D eigenvalue weighted by molar-refractivity contribution is 5.92. The first kappa shape index (κ1) is 11.3. The van der Waals surface area contributed by atoms with Crippen LogP contribution in [0.2, 0.25) is 0 Å². The molecule has 0 atom stereocenters. The molecule has 1 aromatic carbocycles. The third-order valence-electron chi connectivity index (χ3n) is 3.40. The maximum Gasteiger partial charge on any atom is 0.0743 e. The van der Waals surface area contributed by atoms with E-state index in [4.69, 9.17) is 5.73 Å². The Balaban J connectivity index is 1.91. The van der Waals surface area contributed by atoms with Gasteiger partial charge in [0.1, 0.15) is 0 Å². The Morgan fingerprint density at radius 3 is 2.78 bits per heavy atom. The molecule has 94 valence electrons. The van der Waals surface area contributed by atoms with Crippen LogP contribution < -0.4 is 11.2 Å². The standard InChI is InChI=1S/C14H18N4/c15-11-4-5-12-13(6-7-16-14(12)10-11)17-18-8-2-1-3-9-18/h4-7,10H,1-3,8-9,15H2,(H,16,17). The number of nitrogens with one attached hydrogen (secondary N) is 1. The molecule has 0 saturated carbocycles. The second-order valence-electron chi connectivity index (χ2n) is 4.79. The van der Waals surface area contributed by atoms with Crippen molar-refractivity contribution in [2.75, 3.05) is 24.2 Å². The summed E-state index contributed by atoms with van der Waals surface area (Å²) in [6.07, 6.45) is 5.70. The van der Waals surface area contributed by atoms with Gasteiger partial charge in [0.2, 0.25) is 0 Å². The Hall–Kier alpha value is -1.81. The van der Waals surface area contributed by atoms with E-state index in [-0.39, 0.29) is 0 Å². The van der Waals surface area contributed by atoms with Crippen LogP contribution >= 0.6 is 0 Å². The van der Waals surface area contributed by atoms with Crippen LogP contribution in [0.5, 0.6) is 0 Å². The number of nitrogens with two attached hydrogens (primary N) is 1. The lowest BCUT2D eigenvalue weighted by Gasteiger charge is -2.28. The lowest BCUT2D eigenvalue weighted by molar-refractivity contribution is 0.273. The van der Waals surface area contributed by atoms with Crippen molar-refractivity contribution in [2.24, 2.45) is 0 Å². The van der Waals surface area contributed by atoms with Crippen LogP contribution in [0.4, 0.5) is 11.4 Å². The summed E-state index contributed by atoms with van der Waals surface area (Å²) in [5.74, 6) is 0. The molecule has 1 aliphatic heterocycles. The number of rotatable bonds is 2. The van der Waals surface area contributed by atoms with E-state index in [1.165, 1.54) is 19.3 Å². The van der Waals surface area contributed by atoms with E-state index >= 15 is 0 Å². The first-order valence-electron chi connectivity index (χ1n) is 6.49. The van der Waals surface area contributed by atoms with Gasteiger partial charge in [0.05, 0.1) is 11.2 Å². The summed E-state index contributed by atoms with van der Waals surface area (Å²) in [5.41, 5.74) is 12.1. The van der Waals surface area contributed by atoms with E-state index in [2.05, 4.69) is 15.4 Å². The van der Waals surface area contributed by atoms with Crippen LogP contribution in [0, 0.1) is 0 Å². The van der Waals surface area contributed by atoms with Crippen molar-refractivity contribution in [3.8, 4) is 0 Å². The molecule has 18 heavy (non-hydrogen) atoms. The van der Waals surface area contributed by atoms with Crippen molar-refractivity contribution in [3.63, 3.8) is 0 Å². The van der Waals surface area contributed by atoms with Gasteiger partial charge in [-0.15, -0.1) is 0 Å². The van der Waals surface area contributed by atoms with Gasteiger partial charge in [-0.1, -0.05) is 6.42 Å². The Kier molecular flexibility index (Phi) is 3.02. The number of aromatic nitrogens is 1. The fraction of sp³-hybridized carbons (Fsp3) is 0.357. The van der Waals surface area contributed by atoms with Crippen LogP contribution in [-0.2, 0) is 0 Å². The number of hydrazine groups is 1. The number of nitrogens with zero attached hydrogens (tertiary/aromatic N) is 2. The third kappa shape index (κ3) is 2.24. The Bertz CT molecular complexity index is 546. The van der Waals surface area contributed by atoms with Crippen LogP contribution in [0.1, 0.15) is 19.3 Å². The highest BCUT2D eigenvalue weighted by Crippen LogP contribution is 2.24. The second kappa shape index (κ2) is 4.82. The molecule has 4 heteroatoms. The Morgan fingerprint density at radius 1 is 1.11 bits per heavy atom. The molecule has 2 aromatic rings. The third-order valence-corrected chi connectivity index (χ3v) is 3.40. The molecule has 1 saturated heterocycles. The monoisotopic (exact) mass is 242 g/mol. The minimum Gasteiger partial charge on any atom is -0.399 e. The zero-order chi connectivity index (χ0) is 12.4. The van der Waals surface area contributed by atoms with Gasteiger partial charge in [-0.3, -0.25) is 4.98 Å². The van der Waals surface area contributed by atoms with E-state index < -0.39 is 0 Å². The summed E-state index contributed by atoms with van der Waals surface area (Å²) >= 11 is 0. The fourth-order valence-corrected chi connectivity index (χ4v) is 2.44. The molecular formula is C14H18N4. The second-order valence-corrected chi connectivity index (χ2v) is 4.79. The van der Waals surface area contributed by atoms with Crippen molar-refractivity contribution in [1.29, 1.82) is 0 Å². The summed E-state index contributed by atoms with van der Waals surface area (Å²) in [5, 5.41) is 3.41. The summed E-state index contributed by atoms with van der Waals surface area (Å²) in [7, 11) is 0. The maximum absolute atomic E-state index is 5.79. The minimum atomic E-state index is 0.755. The lowest BCUT2D eigenvalue weighted by Crippen LogP contribution is -2.34. The van der Waals surface area contributed by atoms with Gasteiger partial charge in [0, 0.05) is 30.4 Å². The number of pyridine rings is 1. The molecule has 2 heterocycles. The van der Waals surface area contributed by atoms with Gasteiger partial charge in [0.25, 0.3) is 0 Å². The molecule has 0 unspecified atom stereocenters. The topological polar surface area (TPSA) is 54.2 Å². The van der Waals surface area contributed by atoms with Gasteiger partial charge in [-0.05, 0) is 37.1 Å². The first-order chi connectivity index (χ1) is 8.83. The van der Waals surface area contributed by atoms with Gasteiger partial charge < -0.3 is 11.2 Å². The number of fused-ring (bicyclic) bond motifs is 1. The quantitative estimate of drug-likeness (QED) is 0.795. The van der Waals surface area contributed by atoms with E-state index in [0.717, 1.165) is 35.4 Å². The average molecular weight is 242 g/mol. The predicted octanol–water partition coefficient (Wildman–Crippen LogP) is 2.63. The summed E-state index contributed by atoms with van der Waals surface area (Å²) in [4.78, 5) is 4.36. The molecule has 0 bridgehead atoms. The Labute approximate surface area is 107 Å². The molecule has 1 aliphatic rings. The predicted molar refractivity (Wildman–Crippen MR) is 75.2 cm³/mol. The van der Waals surface area contributed by atoms with Gasteiger partial charge >= 0.3 is 0 Å². The zero-order valence-electron chi connectivity index (χ0n) is 10.4. The van der Waals surface area contributed by atoms with Crippen LogP contribution in [-0.4, -0.2) is 23.1 Å². The SMILES string of the molecule is Nc1ccc2c(NN3CCCCC3)ccnc2c1. The zero-order valence-corrected chi connectivity index (χ0v) is 10.4. The normalized spacial score (nSPS) is 16.9. The number of hydrogen-bond donors (Lipinski definition) is 2. The summed E-state index contributed by atoms with van der Waals surface area (Å²) in [6.45, 7) is 2.22. The number of hydrogen-bond acceptors (Lipinski definition) is 4. The number of benzene rings is 1. The molecule has 3 rings (SSSR count). The number of piperidine rings is 1. The molecular weight excluding hydrogens is 224 g/mol. The summed E-state index contributed by atoms with van der Waals surface area (Å²) in [6, 6.07) is 7.89. The van der Waals surface area contributed by atoms with Gasteiger partial charge in [-0.25, -0.2) is 5.01 Å². The number of nitrogen functional groups attached to an aromatic ring is 1. The molecule has 3 N–H and O–H groups in total. The molecule has 0 radical (unpaired) electrons. The highest BCUT2D eigenvalue weighted by Gasteiger charge is 2.11. The average Bonchev–Trinajstić information content (AvgIpc) is 2.40. The van der Waals surface area contributed by atoms with Crippen LogP contribution in [0.3, 0.4) is 0 Å². The van der Waals surface area contributed by atoms with Crippen molar-refractivity contribution in [3.05, 3.63) is 30.5 Å². The van der Waals surface area contributed by atoms with Gasteiger partial charge in [0.15, 0.2) is 0 Å². The van der Waals surface area contributed by atoms with Crippen LogP contribution in [0.15, 0.2) is 30.5 Å². The molecule has 0 aliphatic carbocycles. The minimum absolute atomic E-state index is 0.755. The van der Waals surface area contributed by atoms with Crippen molar-refractivity contribution >= 4 is 22.3 Å². The van der Waals surface area contributed by atoms with E-state index in [1.807, 2.05) is 30.5 Å². The van der Waals surface area contributed by atoms with E-state index in [0.29, 0.717) is 0 Å². The smallest absolute Gasteiger partial charge is 0.0743 e. The largest absolute Gasteiger partial charge is 0.399 e. The summed E-state index contributed by atoms with van der Waals surface area (Å²) < 4.78 is 0.